The number of aliphatic imine (C=N–C) groups is 1. The number of guanidine groups is 1. The molecule has 0 aromatic heterocycles. The number of nitrogens with zero attached hydrogens (tertiary/aromatic N) is 2. The average Bonchev–Trinajstić information content (AvgIpc) is 3.25. The van der Waals surface area contributed by atoms with Gasteiger partial charge in [-0.3, -0.25) is 0 Å². The molecule has 0 saturated carbocycles. The number of piperidine rings is 1. The number of hydrogen-bond donors (Lipinski definition) is 4. The zero-order chi connectivity index (χ0) is 21.2. The summed E-state index contributed by atoms with van der Waals surface area (Å²) >= 11 is 0. The largest absolute Gasteiger partial charge is 0.396 e. The lowest BCUT2D eigenvalue weighted by Gasteiger charge is -2.32. The van der Waals surface area contributed by atoms with Crippen LogP contribution >= 0.6 is 0 Å². The monoisotopic (exact) mass is 418 g/mol. The maximum absolute atomic E-state index is 9.41. The molecule has 4 N–H and O–H groups in total. The first-order valence-electron chi connectivity index (χ1n) is 11.3. The lowest BCUT2D eigenvalue weighted by molar-refractivity contribution is 0.127. The third-order valence-electron chi connectivity index (χ3n) is 6.40. The van der Waals surface area contributed by atoms with Crippen molar-refractivity contribution >= 4 is 11.6 Å². The topological polar surface area (TPSA) is 89.4 Å². The number of benzene rings is 1. The van der Waals surface area contributed by atoms with Gasteiger partial charge in [0.25, 0.3) is 0 Å². The van der Waals surface area contributed by atoms with Crippen LogP contribution in [0.4, 0.5) is 5.69 Å². The number of nitrogens with one attached hydrogen (secondary N) is 2. The van der Waals surface area contributed by atoms with Crippen molar-refractivity contribution in [2.75, 3.05) is 57.5 Å². The molecule has 2 saturated heterocycles. The molecule has 30 heavy (non-hydrogen) atoms. The summed E-state index contributed by atoms with van der Waals surface area (Å²) in [6.45, 7) is 8.20. The molecule has 168 valence electrons. The first-order chi connectivity index (χ1) is 14.7. The molecule has 3 rings (SSSR count). The minimum absolute atomic E-state index is 0.00390. The molecular weight excluding hydrogens is 380 g/mol. The van der Waals surface area contributed by atoms with Crippen LogP contribution in [0.2, 0.25) is 0 Å². The van der Waals surface area contributed by atoms with Gasteiger partial charge in [-0.25, -0.2) is 4.99 Å². The van der Waals surface area contributed by atoms with E-state index in [1.54, 1.807) is 0 Å². The highest BCUT2D eigenvalue weighted by molar-refractivity contribution is 5.79. The summed E-state index contributed by atoms with van der Waals surface area (Å²) in [4.78, 5) is 7.15. The summed E-state index contributed by atoms with van der Waals surface area (Å²) in [5.74, 6) is 1.26. The molecule has 2 aliphatic rings. The zero-order valence-corrected chi connectivity index (χ0v) is 18.3. The third-order valence-corrected chi connectivity index (χ3v) is 6.40. The lowest BCUT2D eigenvalue weighted by Crippen LogP contribution is -2.44. The van der Waals surface area contributed by atoms with E-state index in [0.29, 0.717) is 25.7 Å². The molecule has 2 aliphatic heterocycles. The van der Waals surface area contributed by atoms with Gasteiger partial charge in [-0.2, -0.15) is 0 Å². The van der Waals surface area contributed by atoms with E-state index < -0.39 is 0 Å². The van der Waals surface area contributed by atoms with Gasteiger partial charge in [0.2, 0.25) is 0 Å². The van der Waals surface area contributed by atoms with E-state index in [-0.39, 0.29) is 12.0 Å². The van der Waals surface area contributed by atoms with Crippen molar-refractivity contribution < 1.29 is 14.9 Å². The highest BCUT2D eigenvalue weighted by Gasteiger charge is 2.34. The van der Waals surface area contributed by atoms with E-state index >= 15 is 0 Å². The summed E-state index contributed by atoms with van der Waals surface area (Å²) < 4.78 is 5.58. The summed E-state index contributed by atoms with van der Waals surface area (Å²) in [7, 11) is 0. The van der Waals surface area contributed by atoms with Gasteiger partial charge >= 0.3 is 0 Å². The van der Waals surface area contributed by atoms with Crippen LogP contribution in [0.15, 0.2) is 29.3 Å². The molecule has 2 fully saturated rings. The Kier molecular flexibility index (Phi) is 8.78. The van der Waals surface area contributed by atoms with E-state index in [0.717, 1.165) is 64.4 Å². The second-order valence-corrected chi connectivity index (χ2v) is 8.60. The van der Waals surface area contributed by atoms with Crippen LogP contribution < -0.4 is 15.5 Å². The van der Waals surface area contributed by atoms with Gasteiger partial charge in [-0.05, 0) is 56.2 Å². The van der Waals surface area contributed by atoms with Crippen molar-refractivity contribution in [1.82, 2.24) is 10.6 Å². The normalized spacial score (nSPS) is 23.0. The molecule has 1 unspecified atom stereocenters. The quantitative estimate of drug-likeness (QED) is 0.361. The minimum Gasteiger partial charge on any atom is -0.396 e. The predicted molar refractivity (Wildman–Crippen MR) is 121 cm³/mol. The number of aliphatic hydroxyl groups excluding tert-OH is 2. The van der Waals surface area contributed by atoms with Gasteiger partial charge in [0, 0.05) is 57.1 Å². The Hall–Kier alpha value is -1.83. The maximum Gasteiger partial charge on any atom is 0.191 e. The van der Waals surface area contributed by atoms with Crippen LogP contribution in [0.1, 0.15) is 38.2 Å². The second kappa shape index (κ2) is 11.5. The standard InChI is InChI=1S/C23H38N4O3/c1-2-24-22(26-17-23(9-13-28)10-14-30-18-23)25-15-19-3-5-21(6-4-19)27-11-7-20(16-29)8-12-27/h3-6,20,28-29H,2,7-18H2,1H3,(H2,24,25,26). The molecule has 1 aromatic rings. The fourth-order valence-electron chi connectivity index (χ4n) is 4.28. The Bertz CT molecular complexity index is 651. The third kappa shape index (κ3) is 6.33. The van der Waals surface area contributed by atoms with Gasteiger partial charge in [-0.15, -0.1) is 0 Å². The molecule has 0 aliphatic carbocycles. The number of aliphatic hydroxyl groups is 2. The van der Waals surface area contributed by atoms with Gasteiger partial charge in [0.1, 0.15) is 0 Å². The number of hydrogen-bond acceptors (Lipinski definition) is 5. The van der Waals surface area contributed by atoms with Gasteiger partial charge in [-0.1, -0.05) is 12.1 Å². The van der Waals surface area contributed by atoms with E-state index in [1.165, 1.54) is 11.3 Å². The molecule has 1 atom stereocenters. The summed E-state index contributed by atoms with van der Waals surface area (Å²) in [6, 6.07) is 8.66. The number of anilines is 1. The predicted octanol–water partition coefficient (Wildman–Crippen LogP) is 1.74. The highest BCUT2D eigenvalue weighted by Crippen LogP contribution is 2.31. The van der Waals surface area contributed by atoms with E-state index in [4.69, 9.17) is 9.73 Å². The van der Waals surface area contributed by atoms with E-state index in [2.05, 4.69) is 46.7 Å². The first kappa shape index (κ1) is 22.8. The smallest absolute Gasteiger partial charge is 0.191 e. The minimum atomic E-state index is -0.00390. The lowest BCUT2D eigenvalue weighted by atomic mass is 9.84. The Balaban J connectivity index is 1.54. The van der Waals surface area contributed by atoms with E-state index in [1.807, 2.05) is 0 Å². The van der Waals surface area contributed by atoms with Crippen LogP contribution in [0.3, 0.4) is 0 Å². The van der Waals surface area contributed by atoms with Crippen molar-refractivity contribution in [3.63, 3.8) is 0 Å². The molecule has 7 nitrogen and oxygen atoms in total. The molecule has 0 radical (unpaired) electrons. The molecule has 2 heterocycles. The molecule has 0 amide bonds. The fraction of sp³-hybridized carbons (Fsp3) is 0.696. The summed E-state index contributed by atoms with van der Waals surface area (Å²) in [5, 5.41) is 25.5. The van der Waals surface area contributed by atoms with Gasteiger partial charge in [0.05, 0.1) is 13.2 Å². The van der Waals surface area contributed by atoms with Crippen molar-refractivity contribution in [3.05, 3.63) is 29.8 Å². The van der Waals surface area contributed by atoms with Gasteiger partial charge < -0.3 is 30.5 Å². The molecule has 0 spiro atoms. The number of ether oxygens (including phenoxy) is 1. The molecular formula is C23H38N4O3. The average molecular weight is 419 g/mol. The van der Waals surface area contributed by atoms with E-state index in [9.17, 15) is 10.2 Å². The zero-order valence-electron chi connectivity index (χ0n) is 18.3. The van der Waals surface area contributed by atoms with Crippen LogP contribution in [-0.4, -0.2) is 68.8 Å². The molecule has 1 aromatic carbocycles. The first-order valence-corrected chi connectivity index (χ1v) is 11.3. The maximum atomic E-state index is 9.41. The Morgan fingerprint density at radius 3 is 2.57 bits per heavy atom. The van der Waals surface area contributed by atoms with Crippen molar-refractivity contribution in [2.24, 2.45) is 16.3 Å². The van der Waals surface area contributed by atoms with Crippen LogP contribution in [-0.2, 0) is 11.3 Å². The van der Waals surface area contributed by atoms with Crippen LogP contribution in [0, 0.1) is 11.3 Å². The molecule has 7 heteroatoms. The van der Waals surface area contributed by atoms with Crippen molar-refractivity contribution in [2.45, 2.75) is 39.2 Å². The molecule has 0 bridgehead atoms. The Labute approximate surface area is 180 Å². The second-order valence-electron chi connectivity index (χ2n) is 8.60. The Morgan fingerprint density at radius 1 is 1.20 bits per heavy atom. The highest BCUT2D eigenvalue weighted by atomic mass is 16.5. The summed E-state index contributed by atoms with van der Waals surface area (Å²) in [5.41, 5.74) is 2.42. The van der Waals surface area contributed by atoms with Gasteiger partial charge in [0.15, 0.2) is 5.96 Å². The van der Waals surface area contributed by atoms with Crippen molar-refractivity contribution in [1.29, 1.82) is 0 Å². The number of rotatable bonds is 9. The van der Waals surface area contributed by atoms with Crippen LogP contribution in [0.25, 0.3) is 0 Å². The van der Waals surface area contributed by atoms with Crippen molar-refractivity contribution in [3.8, 4) is 0 Å². The fourth-order valence-corrected chi connectivity index (χ4v) is 4.28. The Morgan fingerprint density at radius 2 is 1.97 bits per heavy atom. The SMILES string of the molecule is CCNC(=NCc1ccc(N2CCC(CO)CC2)cc1)NCC1(CCO)CCOC1. The summed E-state index contributed by atoms with van der Waals surface area (Å²) in [6.07, 6.45) is 3.83. The van der Waals surface area contributed by atoms with Crippen LogP contribution in [0.5, 0.6) is 0 Å².